The average molecular weight is 398 g/mol. The normalized spacial score (nSPS) is 11.0. The van der Waals surface area contributed by atoms with Gasteiger partial charge in [-0.1, -0.05) is 26.7 Å². The van der Waals surface area contributed by atoms with Crippen LogP contribution in [-0.2, 0) is 6.54 Å². The number of hydrogen-bond acceptors (Lipinski definition) is 5. The lowest BCUT2D eigenvalue weighted by molar-refractivity contribution is 0.0952. The lowest BCUT2D eigenvalue weighted by Crippen LogP contribution is -2.24. The molecule has 3 aromatic heterocycles. The van der Waals surface area contributed by atoms with Gasteiger partial charge < -0.3 is 9.88 Å². The molecule has 28 heavy (non-hydrogen) atoms. The molecule has 148 valence electrons. The molecule has 3 aromatic rings. The first-order valence-electron chi connectivity index (χ1n) is 9.86. The van der Waals surface area contributed by atoms with Crippen molar-refractivity contribution in [2.24, 2.45) is 0 Å². The van der Waals surface area contributed by atoms with Crippen LogP contribution in [0.25, 0.3) is 22.1 Å². The summed E-state index contributed by atoms with van der Waals surface area (Å²) in [5.41, 5.74) is 4.35. The zero-order chi connectivity index (χ0) is 19.9. The molecule has 0 saturated heterocycles. The van der Waals surface area contributed by atoms with Gasteiger partial charge in [-0.15, -0.1) is 11.3 Å². The molecule has 0 bridgehead atoms. The first kappa shape index (κ1) is 20.2. The maximum Gasteiger partial charge on any atom is 0.253 e. The summed E-state index contributed by atoms with van der Waals surface area (Å²) >= 11 is 1.54. The van der Waals surface area contributed by atoms with Gasteiger partial charge >= 0.3 is 0 Å². The van der Waals surface area contributed by atoms with Gasteiger partial charge in [0.2, 0.25) is 0 Å². The lowest BCUT2D eigenvalue weighted by Gasteiger charge is -2.10. The number of hydrogen-bond donors (Lipinski definition) is 1. The second-order valence-corrected chi connectivity index (χ2v) is 7.63. The number of unbranched alkanes of at least 4 members (excludes halogenated alkanes) is 2. The van der Waals surface area contributed by atoms with Crippen molar-refractivity contribution < 1.29 is 4.79 Å². The molecule has 0 saturated carbocycles. The zero-order valence-electron chi connectivity index (χ0n) is 16.7. The van der Waals surface area contributed by atoms with Crippen LogP contribution in [0.2, 0.25) is 0 Å². The molecule has 3 heterocycles. The van der Waals surface area contributed by atoms with E-state index in [9.17, 15) is 4.79 Å². The third-order valence-corrected chi connectivity index (χ3v) is 5.58. The van der Waals surface area contributed by atoms with Gasteiger partial charge in [-0.3, -0.25) is 14.8 Å². The van der Waals surface area contributed by atoms with Crippen LogP contribution in [0, 0.1) is 6.92 Å². The summed E-state index contributed by atoms with van der Waals surface area (Å²) in [5.74, 6) is -0.00757. The molecule has 0 spiro atoms. The average Bonchev–Trinajstić information content (AvgIpc) is 3.32. The summed E-state index contributed by atoms with van der Waals surface area (Å²) in [6.07, 6.45) is 9.24. The first-order valence-corrected chi connectivity index (χ1v) is 10.7. The van der Waals surface area contributed by atoms with E-state index in [2.05, 4.69) is 33.7 Å². The van der Waals surface area contributed by atoms with Crippen molar-refractivity contribution in [3.63, 3.8) is 0 Å². The maximum atomic E-state index is 12.7. The largest absolute Gasteiger partial charge is 0.352 e. The molecule has 7 heteroatoms. The quantitative estimate of drug-likeness (QED) is 0.531. The monoisotopic (exact) mass is 397 g/mol. The molecule has 3 rings (SSSR count). The summed E-state index contributed by atoms with van der Waals surface area (Å²) in [6, 6.07) is 1.97. The molecule has 0 fully saturated rings. The van der Waals surface area contributed by atoms with Gasteiger partial charge in [0.15, 0.2) is 0 Å². The van der Waals surface area contributed by atoms with Crippen molar-refractivity contribution in [2.45, 2.75) is 53.0 Å². The number of nitrogens with zero attached hydrogens (tertiary/aromatic N) is 4. The number of nitrogens with one attached hydrogen (secondary N) is 1. The fourth-order valence-corrected chi connectivity index (χ4v) is 3.86. The van der Waals surface area contributed by atoms with Crippen LogP contribution in [-0.4, -0.2) is 32.0 Å². The standard InChI is InChI=1S/C21H27N5OS/c1-4-6-8-24-20(27)16-12-19(26(15(16)3)11-7-5-2)18-14-28-21(25-18)17-13-22-9-10-23-17/h9-10,12-14H,4-8,11H2,1-3H3,(H,24,27). The minimum atomic E-state index is -0.00757. The number of carbonyl (C=O) groups excluding carboxylic acids is 1. The second-order valence-electron chi connectivity index (χ2n) is 6.77. The molecule has 0 aromatic carbocycles. The van der Waals surface area contributed by atoms with Crippen LogP contribution < -0.4 is 5.32 Å². The van der Waals surface area contributed by atoms with E-state index >= 15 is 0 Å². The van der Waals surface area contributed by atoms with E-state index < -0.39 is 0 Å². The van der Waals surface area contributed by atoms with E-state index in [0.717, 1.165) is 65.6 Å². The summed E-state index contributed by atoms with van der Waals surface area (Å²) in [6.45, 7) is 7.89. The van der Waals surface area contributed by atoms with Crippen molar-refractivity contribution in [1.29, 1.82) is 0 Å². The highest BCUT2D eigenvalue weighted by Crippen LogP contribution is 2.31. The molecule has 0 radical (unpaired) electrons. The molecule has 0 aliphatic rings. The van der Waals surface area contributed by atoms with Crippen LogP contribution in [0.5, 0.6) is 0 Å². The number of amides is 1. The van der Waals surface area contributed by atoms with Crippen molar-refractivity contribution in [2.75, 3.05) is 6.54 Å². The Hall–Kier alpha value is -2.54. The Morgan fingerprint density at radius 3 is 2.71 bits per heavy atom. The molecule has 0 unspecified atom stereocenters. The van der Waals surface area contributed by atoms with Crippen molar-refractivity contribution in [1.82, 2.24) is 24.8 Å². The molecule has 0 atom stereocenters. The van der Waals surface area contributed by atoms with E-state index in [4.69, 9.17) is 4.98 Å². The highest BCUT2D eigenvalue weighted by atomic mass is 32.1. The van der Waals surface area contributed by atoms with Gasteiger partial charge in [-0.2, -0.15) is 0 Å². The molecule has 1 N–H and O–H groups in total. The zero-order valence-corrected chi connectivity index (χ0v) is 17.6. The summed E-state index contributed by atoms with van der Waals surface area (Å²) in [5, 5.41) is 5.89. The van der Waals surface area contributed by atoms with Gasteiger partial charge in [-0.05, 0) is 25.8 Å². The van der Waals surface area contributed by atoms with Crippen LogP contribution >= 0.6 is 11.3 Å². The van der Waals surface area contributed by atoms with Crippen molar-refractivity contribution in [3.8, 4) is 22.1 Å². The first-order chi connectivity index (χ1) is 13.7. The van der Waals surface area contributed by atoms with Gasteiger partial charge in [0.05, 0.1) is 23.1 Å². The fourth-order valence-electron chi connectivity index (χ4n) is 3.08. The molecule has 1 amide bonds. The van der Waals surface area contributed by atoms with Crippen LogP contribution in [0.3, 0.4) is 0 Å². The number of thiazole rings is 1. The van der Waals surface area contributed by atoms with Crippen molar-refractivity contribution >= 4 is 17.2 Å². The molecule has 6 nitrogen and oxygen atoms in total. The van der Waals surface area contributed by atoms with E-state index in [1.807, 2.05) is 18.4 Å². The highest BCUT2D eigenvalue weighted by molar-refractivity contribution is 7.13. The van der Waals surface area contributed by atoms with Gasteiger partial charge in [-0.25, -0.2) is 4.98 Å². The minimum Gasteiger partial charge on any atom is -0.352 e. The Bertz CT molecular complexity index is 916. The molecule has 0 aliphatic carbocycles. The second kappa shape index (κ2) is 9.59. The third kappa shape index (κ3) is 4.47. The number of aromatic nitrogens is 4. The van der Waals surface area contributed by atoms with E-state index in [0.29, 0.717) is 6.54 Å². The Morgan fingerprint density at radius 1 is 1.18 bits per heavy atom. The van der Waals surface area contributed by atoms with Crippen LogP contribution in [0.15, 0.2) is 30.0 Å². The van der Waals surface area contributed by atoms with Crippen molar-refractivity contribution in [3.05, 3.63) is 41.3 Å². The Morgan fingerprint density at radius 2 is 2.00 bits per heavy atom. The minimum absolute atomic E-state index is 0.00757. The summed E-state index contributed by atoms with van der Waals surface area (Å²) in [7, 11) is 0. The van der Waals surface area contributed by atoms with Gasteiger partial charge in [0, 0.05) is 36.6 Å². The SMILES string of the molecule is CCCCNC(=O)c1cc(-c2csc(-c3cnccn3)n2)n(CCCC)c1C. The smallest absolute Gasteiger partial charge is 0.253 e. The highest BCUT2D eigenvalue weighted by Gasteiger charge is 2.20. The maximum absolute atomic E-state index is 12.7. The van der Waals surface area contributed by atoms with E-state index in [-0.39, 0.29) is 5.91 Å². The Balaban J connectivity index is 1.94. The summed E-state index contributed by atoms with van der Waals surface area (Å²) in [4.78, 5) is 25.9. The summed E-state index contributed by atoms with van der Waals surface area (Å²) < 4.78 is 2.22. The molecular formula is C21H27N5OS. The van der Waals surface area contributed by atoms with Gasteiger partial charge in [0.1, 0.15) is 10.7 Å². The molecule has 0 aliphatic heterocycles. The lowest BCUT2D eigenvalue weighted by atomic mass is 10.2. The molecular weight excluding hydrogens is 370 g/mol. The number of rotatable bonds is 9. The third-order valence-electron chi connectivity index (χ3n) is 4.71. The topological polar surface area (TPSA) is 72.7 Å². The number of carbonyl (C=O) groups is 1. The Labute approximate surface area is 170 Å². The fraction of sp³-hybridized carbons (Fsp3) is 0.429. The predicted molar refractivity (Wildman–Crippen MR) is 113 cm³/mol. The predicted octanol–water partition coefficient (Wildman–Crippen LogP) is 4.71. The van der Waals surface area contributed by atoms with E-state index in [1.54, 1.807) is 29.9 Å². The van der Waals surface area contributed by atoms with Crippen LogP contribution in [0.4, 0.5) is 0 Å². The van der Waals surface area contributed by atoms with Gasteiger partial charge in [0.25, 0.3) is 5.91 Å². The van der Waals surface area contributed by atoms with Crippen LogP contribution in [0.1, 0.15) is 55.6 Å². The Kier molecular flexibility index (Phi) is 6.92. The van der Waals surface area contributed by atoms with E-state index in [1.165, 1.54) is 0 Å².